The zero-order valence-corrected chi connectivity index (χ0v) is 14.8. The van der Waals surface area contributed by atoms with Crippen molar-refractivity contribution in [1.29, 1.82) is 0 Å². The van der Waals surface area contributed by atoms with Gasteiger partial charge in [-0.15, -0.1) is 13.2 Å². The molecule has 0 radical (unpaired) electrons. The maximum Gasteiger partial charge on any atom is 0.573 e. The predicted molar refractivity (Wildman–Crippen MR) is 84.7 cm³/mol. The number of hydrogen-bond donors (Lipinski definition) is 2. The van der Waals surface area contributed by atoms with E-state index >= 15 is 0 Å². The molecule has 3 N–H and O–H groups in total. The highest BCUT2D eigenvalue weighted by molar-refractivity contribution is 7.91. The average Bonchev–Trinajstić information content (AvgIpc) is 2.73. The molecule has 1 heterocycles. The molecule has 0 atom stereocenters. The van der Waals surface area contributed by atoms with Gasteiger partial charge in [-0.3, -0.25) is 0 Å². The number of carboxylic acid groups (broad SMARTS) is 1. The van der Waals surface area contributed by atoms with Crippen molar-refractivity contribution >= 4 is 44.8 Å². The summed E-state index contributed by atoms with van der Waals surface area (Å²) in [6, 6.07) is 1.47. The lowest BCUT2D eigenvalue weighted by atomic mass is 10.3. The molecular weight excluding hydrogens is 426 g/mol. The highest BCUT2D eigenvalue weighted by Gasteiger charge is 2.33. The topological polar surface area (TPSA) is 125 Å². The van der Waals surface area contributed by atoms with E-state index in [1.165, 1.54) is 0 Å². The molecule has 0 spiro atoms. The maximum atomic E-state index is 12.3. The number of nitrogens with zero attached hydrogens (tertiary/aromatic N) is 2. The number of hydrogen-bond acceptors (Lipinski definition) is 6. The monoisotopic (exact) mass is 433 g/mol. The third kappa shape index (κ3) is 3.97. The van der Waals surface area contributed by atoms with Gasteiger partial charge in [-0.05, 0) is 0 Å². The Morgan fingerprint density at radius 1 is 1.31 bits per heavy atom. The standard InChI is InChI=1S/C12H8Cl2F3N3O5S/c1-26(23,24)9-7(11(21)22)19-20(10(9)18)8-5(13)2-4(3-6(8)14)25-12(15,16)17/h2-3H,18H2,1H3,(H,21,22). The summed E-state index contributed by atoms with van der Waals surface area (Å²) in [6.45, 7) is 0. The van der Waals surface area contributed by atoms with Gasteiger partial charge in [0.05, 0.1) is 10.0 Å². The summed E-state index contributed by atoms with van der Waals surface area (Å²) in [6.07, 6.45) is -4.29. The maximum absolute atomic E-state index is 12.3. The van der Waals surface area contributed by atoms with Crippen LogP contribution in [0, 0.1) is 0 Å². The summed E-state index contributed by atoms with van der Waals surface area (Å²) in [5.74, 6) is -3.07. The van der Waals surface area contributed by atoms with Crippen molar-refractivity contribution < 1.29 is 36.2 Å². The molecule has 0 amide bonds. The SMILES string of the molecule is CS(=O)(=O)c1c(C(=O)O)nn(-c2c(Cl)cc(OC(F)(F)F)cc2Cl)c1N. The van der Waals surface area contributed by atoms with Gasteiger partial charge in [-0.2, -0.15) is 5.10 Å². The molecule has 0 saturated heterocycles. The summed E-state index contributed by atoms with van der Waals surface area (Å²) >= 11 is 11.8. The van der Waals surface area contributed by atoms with Crippen LogP contribution in [0.1, 0.15) is 10.5 Å². The van der Waals surface area contributed by atoms with Crippen molar-refractivity contribution in [2.45, 2.75) is 11.3 Å². The van der Waals surface area contributed by atoms with Crippen molar-refractivity contribution in [3.05, 3.63) is 27.9 Å². The molecule has 2 aromatic rings. The fraction of sp³-hybridized carbons (Fsp3) is 0.167. The molecule has 0 aliphatic rings. The lowest BCUT2D eigenvalue weighted by Crippen LogP contribution is -2.17. The van der Waals surface area contributed by atoms with E-state index in [1.54, 1.807) is 0 Å². The first-order chi connectivity index (χ1) is 11.7. The quantitative estimate of drug-likeness (QED) is 0.758. The molecule has 0 aliphatic carbocycles. The van der Waals surface area contributed by atoms with Crippen LogP contribution in [0.25, 0.3) is 5.69 Å². The van der Waals surface area contributed by atoms with E-state index in [0.717, 1.165) is 12.1 Å². The van der Waals surface area contributed by atoms with E-state index in [0.29, 0.717) is 10.9 Å². The summed E-state index contributed by atoms with van der Waals surface area (Å²) < 4.78 is 64.8. The Kier molecular flexibility index (Phi) is 5.05. The van der Waals surface area contributed by atoms with Crippen LogP contribution in [-0.4, -0.2) is 41.9 Å². The second kappa shape index (κ2) is 6.52. The van der Waals surface area contributed by atoms with Gasteiger partial charge in [0.1, 0.15) is 22.2 Å². The molecule has 0 saturated carbocycles. The Morgan fingerprint density at radius 2 is 1.81 bits per heavy atom. The molecule has 26 heavy (non-hydrogen) atoms. The lowest BCUT2D eigenvalue weighted by molar-refractivity contribution is -0.274. The van der Waals surface area contributed by atoms with Crippen molar-refractivity contribution in [3.63, 3.8) is 0 Å². The third-order valence-corrected chi connectivity index (χ3v) is 4.61. The highest BCUT2D eigenvalue weighted by atomic mass is 35.5. The van der Waals surface area contributed by atoms with Gasteiger partial charge in [0, 0.05) is 18.4 Å². The van der Waals surface area contributed by atoms with Crippen LogP contribution in [0.3, 0.4) is 0 Å². The van der Waals surface area contributed by atoms with Gasteiger partial charge in [0.15, 0.2) is 15.5 Å². The molecule has 142 valence electrons. The number of alkyl halides is 3. The van der Waals surface area contributed by atoms with Crippen LogP contribution in [0.15, 0.2) is 17.0 Å². The molecule has 0 unspecified atom stereocenters. The molecule has 0 bridgehead atoms. The lowest BCUT2D eigenvalue weighted by Gasteiger charge is -2.13. The molecular formula is C12H8Cl2F3N3O5S. The number of sulfone groups is 1. The molecule has 0 aliphatic heterocycles. The zero-order chi connectivity index (χ0) is 20.0. The second-order valence-corrected chi connectivity index (χ2v) is 7.60. The highest BCUT2D eigenvalue weighted by Crippen LogP contribution is 2.37. The minimum Gasteiger partial charge on any atom is -0.476 e. The Bertz CT molecular complexity index is 981. The summed E-state index contributed by atoms with van der Waals surface area (Å²) in [5, 5.41) is 11.8. The molecule has 2 rings (SSSR count). The minimum atomic E-state index is -5.00. The summed E-state index contributed by atoms with van der Waals surface area (Å²) in [5.41, 5.74) is 4.45. The first-order valence-electron chi connectivity index (χ1n) is 6.29. The first-order valence-corrected chi connectivity index (χ1v) is 8.94. The number of carbonyl (C=O) groups is 1. The van der Waals surface area contributed by atoms with Gasteiger partial charge in [-0.1, -0.05) is 23.2 Å². The van der Waals surface area contributed by atoms with Gasteiger partial charge in [0.2, 0.25) is 0 Å². The number of anilines is 1. The van der Waals surface area contributed by atoms with Crippen LogP contribution in [-0.2, 0) is 9.84 Å². The predicted octanol–water partition coefficient (Wildman–Crippen LogP) is 2.76. The van der Waals surface area contributed by atoms with Crippen molar-refractivity contribution in [2.24, 2.45) is 0 Å². The van der Waals surface area contributed by atoms with Crippen molar-refractivity contribution in [2.75, 3.05) is 12.0 Å². The number of ether oxygens (including phenoxy) is 1. The Balaban J connectivity index is 2.72. The van der Waals surface area contributed by atoms with E-state index in [2.05, 4.69) is 9.84 Å². The van der Waals surface area contributed by atoms with Crippen LogP contribution >= 0.6 is 23.2 Å². The minimum absolute atomic E-state index is 0.322. The number of aromatic carboxylic acids is 1. The number of benzene rings is 1. The number of nitrogens with two attached hydrogens (primary N) is 1. The van der Waals surface area contributed by atoms with Crippen molar-refractivity contribution in [1.82, 2.24) is 9.78 Å². The Hall–Kier alpha value is -2.18. The van der Waals surface area contributed by atoms with Gasteiger partial charge >= 0.3 is 12.3 Å². The van der Waals surface area contributed by atoms with Gasteiger partial charge in [0.25, 0.3) is 0 Å². The third-order valence-electron chi connectivity index (χ3n) is 2.89. The summed E-state index contributed by atoms with van der Waals surface area (Å²) in [4.78, 5) is 10.5. The zero-order valence-electron chi connectivity index (χ0n) is 12.5. The van der Waals surface area contributed by atoms with E-state index < -0.39 is 54.4 Å². The van der Waals surface area contributed by atoms with E-state index in [4.69, 9.17) is 34.0 Å². The molecule has 14 heteroatoms. The number of nitrogen functional groups attached to an aromatic ring is 1. The van der Waals surface area contributed by atoms with Gasteiger partial charge in [-0.25, -0.2) is 17.9 Å². The Labute approximate surface area is 153 Å². The van der Waals surface area contributed by atoms with Crippen LogP contribution < -0.4 is 10.5 Å². The van der Waals surface area contributed by atoms with E-state index in [1.807, 2.05) is 0 Å². The number of aromatic nitrogens is 2. The van der Waals surface area contributed by atoms with Crippen LogP contribution in [0.4, 0.5) is 19.0 Å². The molecule has 0 fully saturated rings. The largest absolute Gasteiger partial charge is 0.573 e. The normalized spacial score (nSPS) is 12.2. The van der Waals surface area contributed by atoms with E-state index in [-0.39, 0.29) is 5.69 Å². The Morgan fingerprint density at radius 3 is 2.15 bits per heavy atom. The number of carboxylic acids is 1. The first kappa shape index (κ1) is 20.1. The van der Waals surface area contributed by atoms with Gasteiger partial charge < -0.3 is 15.6 Å². The molecule has 8 nitrogen and oxygen atoms in total. The van der Waals surface area contributed by atoms with Crippen molar-refractivity contribution in [3.8, 4) is 11.4 Å². The number of rotatable bonds is 4. The molecule has 1 aromatic heterocycles. The fourth-order valence-corrected chi connectivity index (χ4v) is 3.60. The van der Waals surface area contributed by atoms with Crippen LogP contribution in [0.2, 0.25) is 10.0 Å². The summed E-state index contributed by atoms with van der Waals surface area (Å²) in [7, 11) is -4.10. The smallest absolute Gasteiger partial charge is 0.476 e. The molecule has 1 aromatic carbocycles. The fourth-order valence-electron chi connectivity index (χ4n) is 2.03. The van der Waals surface area contributed by atoms with E-state index in [9.17, 15) is 26.4 Å². The average molecular weight is 434 g/mol. The second-order valence-electron chi connectivity index (χ2n) is 4.84. The number of halogens is 5. The van der Waals surface area contributed by atoms with Crippen LogP contribution in [0.5, 0.6) is 5.75 Å².